The third-order valence-electron chi connectivity index (χ3n) is 2.23. The van der Waals surface area contributed by atoms with E-state index in [2.05, 4.69) is 9.98 Å². The number of aromatic hydroxyl groups is 1. The van der Waals surface area contributed by atoms with Crippen LogP contribution in [0.2, 0.25) is 0 Å². The minimum Gasteiger partial charge on any atom is -0.494 e. The van der Waals surface area contributed by atoms with Crippen LogP contribution in [0.4, 0.5) is 0 Å². The van der Waals surface area contributed by atoms with Crippen LogP contribution in [0.3, 0.4) is 0 Å². The number of hydrogen-bond acceptors (Lipinski definition) is 2. The van der Waals surface area contributed by atoms with Gasteiger partial charge < -0.3 is 10.1 Å². The molecular formula is C12H14N2O. The van der Waals surface area contributed by atoms with E-state index in [1.54, 1.807) is 6.21 Å². The summed E-state index contributed by atoms with van der Waals surface area (Å²) in [6, 6.07) is 8.01. The van der Waals surface area contributed by atoms with Crippen molar-refractivity contribution >= 4 is 17.1 Å². The molecule has 0 fully saturated rings. The molecule has 2 N–H and O–H groups in total. The van der Waals surface area contributed by atoms with E-state index in [1.165, 1.54) is 0 Å². The molecule has 0 saturated carbocycles. The molecule has 0 atom stereocenters. The number of nitrogens with zero attached hydrogens (tertiary/aromatic N) is 1. The Kier molecular flexibility index (Phi) is 2.46. The Morgan fingerprint density at radius 1 is 1.33 bits per heavy atom. The molecular weight excluding hydrogens is 188 g/mol. The second kappa shape index (κ2) is 3.77. The normalized spacial score (nSPS) is 11.9. The number of H-pyrrole nitrogens is 1. The second-order valence-electron chi connectivity index (χ2n) is 3.80. The molecule has 0 amide bonds. The molecule has 0 bridgehead atoms. The Bertz CT molecular complexity index is 497. The van der Waals surface area contributed by atoms with Gasteiger partial charge in [0.1, 0.15) is 0 Å². The minimum absolute atomic E-state index is 0.181. The molecule has 3 nitrogen and oxygen atoms in total. The SMILES string of the molecule is CC(C)N=Cc1c(O)[nH]c2ccccc12. The molecule has 0 aliphatic rings. The number of aromatic nitrogens is 1. The Balaban J connectivity index is 2.54. The fourth-order valence-corrected chi connectivity index (χ4v) is 1.50. The topological polar surface area (TPSA) is 48.4 Å². The average molecular weight is 202 g/mol. The molecule has 0 spiro atoms. The van der Waals surface area contributed by atoms with Gasteiger partial charge in [-0.05, 0) is 19.9 Å². The highest BCUT2D eigenvalue weighted by Gasteiger charge is 2.07. The third-order valence-corrected chi connectivity index (χ3v) is 2.23. The number of benzene rings is 1. The van der Waals surface area contributed by atoms with Crippen LogP contribution in [-0.4, -0.2) is 22.3 Å². The zero-order chi connectivity index (χ0) is 10.8. The van der Waals surface area contributed by atoms with Gasteiger partial charge in [-0.25, -0.2) is 0 Å². The van der Waals surface area contributed by atoms with E-state index >= 15 is 0 Å². The third kappa shape index (κ3) is 1.86. The zero-order valence-corrected chi connectivity index (χ0v) is 8.86. The standard InChI is InChI=1S/C12H14N2O/c1-8(2)13-7-10-9-5-3-4-6-11(9)14-12(10)15/h3-8,14-15H,1-2H3. The van der Waals surface area contributed by atoms with Crippen LogP contribution in [0.15, 0.2) is 29.3 Å². The molecule has 0 aliphatic carbocycles. The molecule has 0 saturated heterocycles. The number of aromatic amines is 1. The first kappa shape index (κ1) is 9.77. The van der Waals surface area contributed by atoms with E-state index in [0.29, 0.717) is 0 Å². The smallest absolute Gasteiger partial charge is 0.198 e. The lowest BCUT2D eigenvalue weighted by molar-refractivity contribution is 0.457. The van der Waals surface area contributed by atoms with E-state index in [-0.39, 0.29) is 11.9 Å². The van der Waals surface area contributed by atoms with E-state index in [9.17, 15) is 5.11 Å². The summed E-state index contributed by atoms with van der Waals surface area (Å²) in [5, 5.41) is 10.7. The molecule has 0 radical (unpaired) electrons. The lowest BCUT2D eigenvalue weighted by Gasteiger charge is -1.95. The summed E-state index contributed by atoms with van der Waals surface area (Å²) in [6.07, 6.45) is 1.72. The van der Waals surface area contributed by atoms with Crippen LogP contribution in [0.5, 0.6) is 5.88 Å². The number of para-hydroxylation sites is 1. The van der Waals surface area contributed by atoms with Gasteiger partial charge in [-0.2, -0.15) is 0 Å². The first-order chi connectivity index (χ1) is 7.18. The van der Waals surface area contributed by atoms with Crippen molar-refractivity contribution in [1.29, 1.82) is 0 Å². The predicted molar refractivity (Wildman–Crippen MR) is 62.7 cm³/mol. The highest BCUT2D eigenvalue weighted by Crippen LogP contribution is 2.25. The summed E-state index contributed by atoms with van der Waals surface area (Å²) in [5.74, 6) is 0.181. The van der Waals surface area contributed by atoms with Crippen LogP contribution >= 0.6 is 0 Å². The van der Waals surface area contributed by atoms with Gasteiger partial charge in [0.05, 0.1) is 5.56 Å². The largest absolute Gasteiger partial charge is 0.494 e. The maximum Gasteiger partial charge on any atom is 0.198 e. The molecule has 2 aromatic rings. The molecule has 2 rings (SSSR count). The summed E-state index contributed by atoms with van der Waals surface area (Å²) in [7, 11) is 0. The number of hydrogen-bond donors (Lipinski definition) is 2. The van der Waals surface area contributed by atoms with Gasteiger partial charge in [0.15, 0.2) is 5.88 Å². The van der Waals surface area contributed by atoms with Crippen LogP contribution < -0.4 is 0 Å². The zero-order valence-electron chi connectivity index (χ0n) is 8.86. The van der Waals surface area contributed by atoms with Crippen LogP contribution in [0, 0.1) is 0 Å². The number of rotatable bonds is 2. The Hall–Kier alpha value is -1.77. The average Bonchev–Trinajstić information content (AvgIpc) is 2.50. The van der Waals surface area contributed by atoms with Crippen LogP contribution in [0.25, 0.3) is 10.9 Å². The quantitative estimate of drug-likeness (QED) is 0.723. The molecule has 1 aromatic heterocycles. The lowest BCUT2D eigenvalue weighted by atomic mass is 10.2. The predicted octanol–water partition coefficient (Wildman–Crippen LogP) is 2.70. The maximum atomic E-state index is 9.70. The molecule has 3 heteroatoms. The fourth-order valence-electron chi connectivity index (χ4n) is 1.50. The van der Waals surface area contributed by atoms with Crippen molar-refractivity contribution in [1.82, 2.24) is 4.98 Å². The van der Waals surface area contributed by atoms with Gasteiger partial charge in [-0.15, -0.1) is 0 Å². The van der Waals surface area contributed by atoms with Crippen LogP contribution in [0.1, 0.15) is 19.4 Å². The van der Waals surface area contributed by atoms with Crippen molar-refractivity contribution in [2.75, 3.05) is 0 Å². The van der Waals surface area contributed by atoms with Gasteiger partial charge in [0.2, 0.25) is 0 Å². The second-order valence-corrected chi connectivity index (χ2v) is 3.80. The van der Waals surface area contributed by atoms with E-state index in [1.807, 2.05) is 38.1 Å². The summed E-state index contributed by atoms with van der Waals surface area (Å²) in [4.78, 5) is 7.19. The first-order valence-electron chi connectivity index (χ1n) is 5.01. The van der Waals surface area contributed by atoms with Gasteiger partial charge in [0, 0.05) is 23.2 Å². The highest BCUT2D eigenvalue weighted by molar-refractivity contribution is 6.01. The Morgan fingerprint density at radius 2 is 2.07 bits per heavy atom. The summed E-state index contributed by atoms with van der Waals surface area (Å²) in [5.41, 5.74) is 1.69. The lowest BCUT2D eigenvalue weighted by Crippen LogP contribution is -1.89. The van der Waals surface area contributed by atoms with Crippen molar-refractivity contribution in [3.8, 4) is 5.88 Å². The molecule has 1 aromatic carbocycles. The van der Waals surface area contributed by atoms with E-state index < -0.39 is 0 Å². The molecule has 1 heterocycles. The summed E-state index contributed by atoms with van der Waals surface area (Å²) >= 11 is 0. The minimum atomic E-state index is 0.181. The van der Waals surface area contributed by atoms with Gasteiger partial charge in [-0.1, -0.05) is 18.2 Å². The van der Waals surface area contributed by atoms with Gasteiger partial charge >= 0.3 is 0 Å². The fraction of sp³-hybridized carbons (Fsp3) is 0.250. The summed E-state index contributed by atoms with van der Waals surface area (Å²) in [6.45, 7) is 4.00. The maximum absolute atomic E-state index is 9.70. The molecule has 0 unspecified atom stereocenters. The van der Waals surface area contributed by atoms with Crippen molar-refractivity contribution in [2.24, 2.45) is 4.99 Å². The Labute approximate surface area is 88.5 Å². The van der Waals surface area contributed by atoms with Crippen molar-refractivity contribution in [3.05, 3.63) is 29.8 Å². The number of fused-ring (bicyclic) bond motifs is 1. The molecule has 78 valence electrons. The number of aliphatic imine (C=N–C) groups is 1. The summed E-state index contributed by atoms with van der Waals surface area (Å²) < 4.78 is 0. The highest BCUT2D eigenvalue weighted by atomic mass is 16.3. The molecule has 15 heavy (non-hydrogen) atoms. The monoisotopic (exact) mass is 202 g/mol. The van der Waals surface area contributed by atoms with Gasteiger partial charge in [-0.3, -0.25) is 4.99 Å². The van der Waals surface area contributed by atoms with Crippen molar-refractivity contribution in [2.45, 2.75) is 19.9 Å². The Morgan fingerprint density at radius 3 is 2.80 bits per heavy atom. The van der Waals surface area contributed by atoms with Crippen molar-refractivity contribution in [3.63, 3.8) is 0 Å². The molecule has 0 aliphatic heterocycles. The number of nitrogens with one attached hydrogen (secondary N) is 1. The van der Waals surface area contributed by atoms with Gasteiger partial charge in [0.25, 0.3) is 0 Å². The van der Waals surface area contributed by atoms with E-state index in [0.717, 1.165) is 16.5 Å². The van der Waals surface area contributed by atoms with E-state index in [4.69, 9.17) is 0 Å². The first-order valence-corrected chi connectivity index (χ1v) is 5.01. The van der Waals surface area contributed by atoms with Crippen LogP contribution in [-0.2, 0) is 0 Å². The van der Waals surface area contributed by atoms with Crippen molar-refractivity contribution < 1.29 is 5.11 Å².